The molecule has 0 spiro atoms. The first-order valence-electron chi connectivity index (χ1n) is 6.04. The van der Waals surface area contributed by atoms with Crippen molar-refractivity contribution in [2.24, 2.45) is 0 Å². The average Bonchev–Trinajstić information content (AvgIpc) is 3.07. The highest BCUT2D eigenvalue weighted by molar-refractivity contribution is 7.99. The van der Waals surface area contributed by atoms with Crippen LogP contribution < -0.4 is 0 Å². The minimum Gasteiger partial charge on any atom is -0.481 e. The Hall–Kier alpha value is -1.99. The number of aliphatic carboxylic acids is 1. The van der Waals surface area contributed by atoms with Gasteiger partial charge in [-0.15, -0.1) is 0 Å². The molecule has 3 rings (SSSR count). The molecule has 0 atom stereocenters. The van der Waals surface area contributed by atoms with Crippen LogP contribution in [0, 0.1) is 0 Å². The second kappa shape index (κ2) is 5.79. The number of thioether (sulfide) groups is 1. The zero-order chi connectivity index (χ0) is 14.8. The van der Waals surface area contributed by atoms with Crippen molar-refractivity contribution in [2.45, 2.75) is 11.7 Å². The Bertz CT molecular complexity index is 785. The maximum Gasteiger partial charge on any atom is 0.313 e. The number of hydrogen-bond acceptors (Lipinski definition) is 5. The maximum absolute atomic E-state index is 10.8. The van der Waals surface area contributed by atoms with Gasteiger partial charge in [-0.1, -0.05) is 34.6 Å². The Labute approximate surface area is 128 Å². The van der Waals surface area contributed by atoms with Gasteiger partial charge in [0.2, 0.25) is 0 Å². The van der Waals surface area contributed by atoms with Crippen LogP contribution in [0.1, 0.15) is 5.76 Å². The summed E-state index contributed by atoms with van der Waals surface area (Å²) in [6, 6.07) is 7.22. The number of carboxylic acids is 1. The van der Waals surface area contributed by atoms with Gasteiger partial charge in [-0.25, -0.2) is 4.98 Å². The van der Waals surface area contributed by atoms with Crippen molar-refractivity contribution in [3.05, 3.63) is 41.2 Å². The predicted molar refractivity (Wildman–Crippen MR) is 78.7 cm³/mol. The van der Waals surface area contributed by atoms with Crippen molar-refractivity contribution in [1.29, 1.82) is 0 Å². The number of rotatable bonds is 5. The molecule has 8 heteroatoms. The van der Waals surface area contributed by atoms with Gasteiger partial charge in [-0.2, -0.15) is 0 Å². The third-order valence-electron chi connectivity index (χ3n) is 2.82. The Morgan fingerprint density at radius 1 is 1.43 bits per heavy atom. The minimum atomic E-state index is -0.899. The lowest BCUT2D eigenvalue weighted by molar-refractivity contribution is -0.133. The van der Waals surface area contributed by atoms with Crippen molar-refractivity contribution >= 4 is 40.4 Å². The maximum atomic E-state index is 10.8. The van der Waals surface area contributed by atoms with Crippen LogP contribution in [0.5, 0.6) is 0 Å². The van der Waals surface area contributed by atoms with Crippen LogP contribution in [0.15, 0.2) is 40.1 Å². The molecule has 3 aromatic rings. The second-order valence-corrected chi connectivity index (χ2v) is 5.60. The number of imidazole rings is 1. The van der Waals surface area contributed by atoms with Crippen LogP contribution >= 0.6 is 23.4 Å². The van der Waals surface area contributed by atoms with Gasteiger partial charge in [-0.05, 0) is 12.1 Å². The number of carboxylic acid groups (broad SMARTS) is 1. The van der Waals surface area contributed by atoms with Crippen LogP contribution in [-0.4, -0.2) is 31.5 Å². The normalized spacial score (nSPS) is 11.1. The van der Waals surface area contributed by atoms with Crippen molar-refractivity contribution < 1.29 is 14.4 Å². The number of aromatic nitrogens is 3. The summed E-state index contributed by atoms with van der Waals surface area (Å²) in [5.41, 5.74) is 1.47. The highest BCUT2D eigenvalue weighted by Crippen LogP contribution is 2.29. The number of hydrogen-bond donors (Lipinski definition) is 1. The van der Waals surface area contributed by atoms with E-state index in [4.69, 9.17) is 21.2 Å². The van der Waals surface area contributed by atoms with Crippen LogP contribution in [0.2, 0.25) is 5.02 Å². The first-order chi connectivity index (χ1) is 10.1. The van der Waals surface area contributed by atoms with Gasteiger partial charge < -0.3 is 14.2 Å². The molecule has 21 heavy (non-hydrogen) atoms. The zero-order valence-corrected chi connectivity index (χ0v) is 12.3. The molecule has 1 N–H and O–H groups in total. The molecule has 108 valence electrons. The lowest BCUT2D eigenvalue weighted by Crippen LogP contribution is -2.04. The van der Waals surface area contributed by atoms with E-state index in [0.717, 1.165) is 17.3 Å². The molecule has 0 amide bonds. The van der Waals surface area contributed by atoms with Gasteiger partial charge in [0.05, 0.1) is 29.0 Å². The molecule has 0 unspecified atom stereocenters. The lowest BCUT2D eigenvalue weighted by atomic mass is 10.3. The van der Waals surface area contributed by atoms with E-state index in [2.05, 4.69) is 10.1 Å². The summed E-state index contributed by atoms with van der Waals surface area (Å²) in [7, 11) is 0. The largest absolute Gasteiger partial charge is 0.481 e. The Balaban J connectivity index is 2.06. The van der Waals surface area contributed by atoms with Crippen molar-refractivity contribution in [3.63, 3.8) is 0 Å². The third-order valence-corrected chi connectivity index (χ3v) is 4.09. The summed E-state index contributed by atoms with van der Waals surface area (Å²) >= 11 is 7.29. The van der Waals surface area contributed by atoms with Crippen molar-refractivity contribution in [2.75, 3.05) is 5.75 Å². The SMILES string of the molecule is O=C(O)CSc1nc2c(Cl)cccc2n1Cc1ccno1. The number of carbonyl (C=O) groups is 1. The summed E-state index contributed by atoms with van der Waals surface area (Å²) in [5.74, 6) is -0.312. The first-order valence-corrected chi connectivity index (χ1v) is 7.40. The molecular weight excluding hydrogens is 314 g/mol. The number of benzene rings is 1. The lowest BCUT2D eigenvalue weighted by Gasteiger charge is -2.05. The first kappa shape index (κ1) is 14.0. The molecule has 0 saturated heterocycles. The summed E-state index contributed by atoms with van der Waals surface area (Å²) < 4.78 is 6.98. The smallest absolute Gasteiger partial charge is 0.313 e. The molecule has 0 aliphatic heterocycles. The Morgan fingerprint density at radius 3 is 3.00 bits per heavy atom. The molecule has 0 aliphatic rings. The van der Waals surface area contributed by atoms with E-state index in [1.807, 2.05) is 16.7 Å². The standard InChI is InChI=1S/C13H10ClN3O3S/c14-9-2-1-3-10-12(9)16-13(21-7-11(18)19)17(10)6-8-4-5-15-20-8/h1-5H,6-7H2,(H,18,19). The van der Waals surface area contributed by atoms with Crippen LogP contribution in [0.3, 0.4) is 0 Å². The monoisotopic (exact) mass is 323 g/mol. The Kier molecular flexibility index (Phi) is 3.85. The van der Waals surface area contributed by atoms with E-state index >= 15 is 0 Å². The number of halogens is 1. The summed E-state index contributed by atoms with van der Waals surface area (Å²) in [5, 5.41) is 13.6. The van der Waals surface area contributed by atoms with Gasteiger partial charge in [0.15, 0.2) is 10.9 Å². The van der Waals surface area contributed by atoms with Gasteiger partial charge in [0.1, 0.15) is 5.52 Å². The summed E-state index contributed by atoms with van der Waals surface area (Å²) in [4.78, 5) is 15.2. The quantitative estimate of drug-likeness (QED) is 0.727. The van der Waals surface area contributed by atoms with Crippen LogP contribution in [-0.2, 0) is 11.3 Å². The molecule has 0 radical (unpaired) electrons. The topological polar surface area (TPSA) is 81.1 Å². The molecule has 0 fully saturated rings. The van der Waals surface area contributed by atoms with E-state index in [1.54, 1.807) is 18.3 Å². The minimum absolute atomic E-state index is 0.0721. The van der Waals surface area contributed by atoms with Gasteiger partial charge in [-0.3, -0.25) is 4.79 Å². The van der Waals surface area contributed by atoms with Crippen molar-refractivity contribution in [3.8, 4) is 0 Å². The molecule has 0 bridgehead atoms. The van der Waals surface area contributed by atoms with E-state index in [0.29, 0.717) is 28.0 Å². The molecular formula is C13H10ClN3O3S. The van der Waals surface area contributed by atoms with E-state index in [9.17, 15) is 4.79 Å². The van der Waals surface area contributed by atoms with Gasteiger partial charge >= 0.3 is 5.97 Å². The summed E-state index contributed by atoms with van der Waals surface area (Å²) in [6.07, 6.45) is 1.56. The average molecular weight is 324 g/mol. The molecule has 2 aromatic heterocycles. The van der Waals surface area contributed by atoms with Gasteiger partial charge in [0, 0.05) is 6.07 Å². The second-order valence-electron chi connectivity index (χ2n) is 4.25. The Morgan fingerprint density at radius 2 is 2.29 bits per heavy atom. The fraction of sp³-hybridized carbons (Fsp3) is 0.154. The molecule has 0 aliphatic carbocycles. The van der Waals surface area contributed by atoms with Crippen LogP contribution in [0.25, 0.3) is 11.0 Å². The summed E-state index contributed by atoms with van der Waals surface area (Å²) in [6.45, 7) is 0.415. The third kappa shape index (κ3) is 2.88. The zero-order valence-electron chi connectivity index (χ0n) is 10.7. The highest BCUT2D eigenvalue weighted by Gasteiger charge is 2.15. The molecule has 2 heterocycles. The molecule has 1 aromatic carbocycles. The van der Waals surface area contributed by atoms with Gasteiger partial charge in [0.25, 0.3) is 0 Å². The number of fused-ring (bicyclic) bond motifs is 1. The molecule has 6 nitrogen and oxygen atoms in total. The fourth-order valence-corrected chi connectivity index (χ4v) is 2.90. The van der Waals surface area contributed by atoms with E-state index < -0.39 is 5.97 Å². The molecule has 0 saturated carbocycles. The highest BCUT2D eigenvalue weighted by atomic mass is 35.5. The van der Waals surface area contributed by atoms with E-state index in [-0.39, 0.29) is 5.75 Å². The van der Waals surface area contributed by atoms with Crippen LogP contribution in [0.4, 0.5) is 0 Å². The number of para-hydroxylation sites is 1. The van der Waals surface area contributed by atoms with Crippen molar-refractivity contribution in [1.82, 2.24) is 14.7 Å². The predicted octanol–water partition coefficient (Wildman–Crippen LogP) is 2.90. The fourth-order valence-electron chi connectivity index (χ4n) is 1.96. The number of nitrogens with zero attached hydrogens (tertiary/aromatic N) is 3. The van der Waals surface area contributed by atoms with E-state index in [1.165, 1.54) is 0 Å².